The van der Waals surface area contributed by atoms with Gasteiger partial charge in [-0.15, -0.1) is 0 Å². The Balaban J connectivity index is 1.58. The van der Waals surface area contributed by atoms with E-state index in [1.807, 2.05) is 72.8 Å². The molecule has 0 atom stereocenters. The number of hydrogen-bond donors (Lipinski definition) is 2. The minimum Gasteiger partial charge on any atom is -0.496 e. The lowest BCUT2D eigenvalue weighted by atomic mass is 10.0. The number of para-hydroxylation sites is 1. The number of urea groups is 1. The third kappa shape index (κ3) is 5.11. The van der Waals surface area contributed by atoms with Crippen LogP contribution in [-0.2, 0) is 6.42 Å². The highest BCUT2D eigenvalue weighted by Crippen LogP contribution is 2.27. The highest BCUT2D eigenvalue weighted by atomic mass is 79.9. The van der Waals surface area contributed by atoms with Crippen LogP contribution in [0.1, 0.15) is 5.56 Å². The van der Waals surface area contributed by atoms with E-state index in [0.29, 0.717) is 6.54 Å². The number of hydrogen-bond acceptors (Lipinski definition) is 2. The Hall–Kier alpha value is -2.79. The molecule has 0 fully saturated rings. The molecule has 0 radical (unpaired) electrons. The lowest BCUT2D eigenvalue weighted by Crippen LogP contribution is -2.30. The van der Waals surface area contributed by atoms with Gasteiger partial charge in [-0.3, -0.25) is 0 Å². The molecule has 138 valence electrons. The highest BCUT2D eigenvalue weighted by Gasteiger charge is 2.08. The molecule has 0 aromatic heterocycles. The Bertz CT molecular complexity index is 913. The normalized spacial score (nSPS) is 10.3. The van der Waals surface area contributed by atoms with Gasteiger partial charge in [0.05, 0.1) is 17.3 Å². The van der Waals surface area contributed by atoms with Crippen molar-refractivity contribution in [2.24, 2.45) is 0 Å². The first-order chi connectivity index (χ1) is 13.2. The molecule has 4 nitrogen and oxygen atoms in total. The highest BCUT2D eigenvalue weighted by molar-refractivity contribution is 9.10. The van der Waals surface area contributed by atoms with E-state index < -0.39 is 0 Å². The van der Waals surface area contributed by atoms with Crippen molar-refractivity contribution in [3.05, 3.63) is 82.8 Å². The summed E-state index contributed by atoms with van der Waals surface area (Å²) in [4.78, 5) is 12.3. The van der Waals surface area contributed by atoms with Crippen LogP contribution in [-0.4, -0.2) is 19.7 Å². The van der Waals surface area contributed by atoms with E-state index in [1.54, 1.807) is 7.11 Å². The number of anilines is 1. The molecule has 0 saturated heterocycles. The molecule has 0 saturated carbocycles. The summed E-state index contributed by atoms with van der Waals surface area (Å²) >= 11 is 3.48. The van der Waals surface area contributed by atoms with Crippen molar-refractivity contribution in [2.45, 2.75) is 6.42 Å². The zero-order chi connectivity index (χ0) is 19.1. The molecule has 27 heavy (non-hydrogen) atoms. The molecule has 3 aromatic carbocycles. The van der Waals surface area contributed by atoms with E-state index in [1.165, 1.54) is 0 Å². The second-order valence-electron chi connectivity index (χ2n) is 6.01. The van der Waals surface area contributed by atoms with E-state index in [2.05, 4.69) is 26.6 Å². The van der Waals surface area contributed by atoms with Gasteiger partial charge in [-0.1, -0.05) is 54.6 Å². The first-order valence-electron chi connectivity index (χ1n) is 8.69. The molecule has 0 spiro atoms. The first-order valence-corrected chi connectivity index (χ1v) is 9.48. The Morgan fingerprint density at radius 3 is 2.48 bits per heavy atom. The Morgan fingerprint density at radius 2 is 1.74 bits per heavy atom. The van der Waals surface area contributed by atoms with Gasteiger partial charge in [0.25, 0.3) is 0 Å². The zero-order valence-corrected chi connectivity index (χ0v) is 16.6. The molecular formula is C22H21BrN2O2. The molecule has 2 amide bonds. The van der Waals surface area contributed by atoms with Gasteiger partial charge in [0.1, 0.15) is 5.75 Å². The molecule has 3 aromatic rings. The number of amides is 2. The molecule has 0 aliphatic rings. The summed E-state index contributed by atoms with van der Waals surface area (Å²) in [5, 5.41) is 5.86. The monoisotopic (exact) mass is 424 g/mol. The molecule has 0 aliphatic heterocycles. The second-order valence-corrected chi connectivity index (χ2v) is 6.87. The minimum atomic E-state index is -0.217. The molecule has 3 rings (SSSR count). The fourth-order valence-corrected chi connectivity index (χ4v) is 3.40. The van der Waals surface area contributed by atoms with Crippen LogP contribution in [0.4, 0.5) is 10.5 Å². The van der Waals surface area contributed by atoms with E-state index >= 15 is 0 Å². The molecule has 0 bridgehead atoms. The zero-order valence-electron chi connectivity index (χ0n) is 15.0. The predicted molar refractivity (Wildman–Crippen MR) is 113 cm³/mol. The van der Waals surface area contributed by atoms with Crippen molar-refractivity contribution in [1.29, 1.82) is 0 Å². The number of carbonyl (C=O) groups is 1. The van der Waals surface area contributed by atoms with Crippen molar-refractivity contribution < 1.29 is 9.53 Å². The number of benzene rings is 3. The van der Waals surface area contributed by atoms with E-state index in [4.69, 9.17) is 4.74 Å². The number of methoxy groups -OCH3 is 1. The molecular weight excluding hydrogens is 404 g/mol. The summed E-state index contributed by atoms with van der Waals surface area (Å²) in [7, 11) is 1.64. The number of ether oxygens (including phenoxy) is 1. The van der Waals surface area contributed by atoms with Gasteiger partial charge in [-0.2, -0.15) is 0 Å². The van der Waals surface area contributed by atoms with Crippen molar-refractivity contribution in [3.8, 4) is 16.9 Å². The number of carbonyl (C=O) groups excluding carboxylic acids is 1. The van der Waals surface area contributed by atoms with Crippen LogP contribution in [0.15, 0.2) is 77.3 Å². The van der Waals surface area contributed by atoms with Gasteiger partial charge in [-0.25, -0.2) is 4.79 Å². The van der Waals surface area contributed by atoms with Crippen molar-refractivity contribution >= 4 is 27.6 Å². The van der Waals surface area contributed by atoms with Crippen LogP contribution in [0.3, 0.4) is 0 Å². The standard InChI is InChI=1S/C22H21BrN2O2/c1-27-21-12-11-16(15-19(21)23)13-14-24-22(26)25-20-10-6-5-9-18(20)17-7-3-2-4-8-17/h2-12,15H,13-14H2,1H3,(H2,24,25,26). The van der Waals surface area contributed by atoms with Gasteiger partial charge >= 0.3 is 6.03 Å². The third-order valence-electron chi connectivity index (χ3n) is 4.18. The van der Waals surface area contributed by atoms with Crippen LogP contribution in [0.25, 0.3) is 11.1 Å². The quantitative estimate of drug-likeness (QED) is 0.549. The molecule has 0 aliphatic carbocycles. The van der Waals surface area contributed by atoms with Crippen molar-refractivity contribution in [2.75, 3.05) is 19.0 Å². The average molecular weight is 425 g/mol. The largest absolute Gasteiger partial charge is 0.496 e. The van der Waals surface area contributed by atoms with Crippen LogP contribution in [0, 0.1) is 0 Å². The van der Waals surface area contributed by atoms with Gasteiger partial charge in [0, 0.05) is 12.1 Å². The summed E-state index contributed by atoms with van der Waals surface area (Å²) in [5.74, 6) is 0.793. The van der Waals surface area contributed by atoms with Gasteiger partial charge < -0.3 is 15.4 Å². The maximum atomic E-state index is 12.3. The second kappa shape index (κ2) is 9.24. The number of rotatable bonds is 6. The third-order valence-corrected chi connectivity index (χ3v) is 4.80. The summed E-state index contributed by atoms with van der Waals surface area (Å²) in [6, 6.07) is 23.5. The topological polar surface area (TPSA) is 50.4 Å². The van der Waals surface area contributed by atoms with E-state index in [9.17, 15) is 4.79 Å². The lowest BCUT2D eigenvalue weighted by Gasteiger charge is -2.12. The molecule has 0 unspecified atom stereocenters. The summed E-state index contributed by atoms with van der Waals surface area (Å²) < 4.78 is 6.14. The van der Waals surface area contributed by atoms with E-state index in [0.717, 1.165) is 39.0 Å². The fourth-order valence-electron chi connectivity index (χ4n) is 2.81. The Kier molecular flexibility index (Phi) is 6.49. The van der Waals surface area contributed by atoms with Gasteiger partial charge in [0.15, 0.2) is 0 Å². The molecule has 2 N–H and O–H groups in total. The van der Waals surface area contributed by atoms with Crippen LogP contribution in [0.2, 0.25) is 0 Å². The Morgan fingerprint density at radius 1 is 1.00 bits per heavy atom. The fraction of sp³-hybridized carbons (Fsp3) is 0.136. The van der Waals surface area contributed by atoms with Crippen LogP contribution in [0.5, 0.6) is 5.75 Å². The number of nitrogens with one attached hydrogen (secondary N) is 2. The van der Waals surface area contributed by atoms with Gasteiger partial charge in [-0.05, 0) is 51.7 Å². The average Bonchev–Trinajstić information content (AvgIpc) is 2.69. The first kappa shape index (κ1) is 19.0. The Labute approximate surface area is 167 Å². The van der Waals surface area contributed by atoms with Crippen molar-refractivity contribution in [1.82, 2.24) is 5.32 Å². The van der Waals surface area contributed by atoms with Gasteiger partial charge in [0.2, 0.25) is 0 Å². The molecule has 0 heterocycles. The van der Waals surface area contributed by atoms with Crippen LogP contribution < -0.4 is 15.4 Å². The maximum Gasteiger partial charge on any atom is 0.319 e. The summed E-state index contributed by atoms with van der Waals surface area (Å²) in [6.45, 7) is 0.540. The summed E-state index contributed by atoms with van der Waals surface area (Å²) in [6.07, 6.45) is 0.732. The smallest absolute Gasteiger partial charge is 0.319 e. The van der Waals surface area contributed by atoms with E-state index in [-0.39, 0.29) is 6.03 Å². The molecule has 5 heteroatoms. The van der Waals surface area contributed by atoms with Crippen LogP contribution >= 0.6 is 15.9 Å². The number of halogens is 1. The summed E-state index contributed by atoms with van der Waals surface area (Å²) in [5.41, 5.74) is 3.96. The predicted octanol–water partition coefficient (Wildman–Crippen LogP) is 5.49. The maximum absolute atomic E-state index is 12.3. The lowest BCUT2D eigenvalue weighted by molar-refractivity contribution is 0.252. The SMILES string of the molecule is COc1ccc(CCNC(=O)Nc2ccccc2-c2ccccc2)cc1Br. The van der Waals surface area contributed by atoms with Crippen molar-refractivity contribution in [3.63, 3.8) is 0 Å². The minimum absolute atomic E-state index is 0.217.